The standard InChI is InChI=1S/C18H16F3N3O3S/c1-8-11(16(26)27-2)12(9-6-4-5-7-10(9)18(19,20)21)13-14(22-8)23-17(28-3)24-15(13)25/h4-7,12H,1-3H3,(H2,22,23,24,25). The van der Waals surface area contributed by atoms with Crippen molar-refractivity contribution in [2.45, 2.75) is 24.2 Å². The minimum atomic E-state index is -4.67. The van der Waals surface area contributed by atoms with Crippen LogP contribution in [0.15, 0.2) is 45.5 Å². The molecule has 0 saturated heterocycles. The summed E-state index contributed by atoms with van der Waals surface area (Å²) in [5.41, 5.74) is -1.65. The molecule has 1 atom stereocenters. The summed E-state index contributed by atoms with van der Waals surface area (Å²) in [6.07, 6.45) is -2.97. The fraction of sp³-hybridized carbons (Fsp3) is 0.278. The summed E-state index contributed by atoms with van der Waals surface area (Å²) in [6.45, 7) is 1.53. The van der Waals surface area contributed by atoms with E-state index in [2.05, 4.69) is 15.3 Å². The molecule has 28 heavy (non-hydrogen) atoms. The number of ether oxygens (including phenoxy) is 1. The highest BCUT2D eigenvalue weighted by atomic mass is 32.2. The van der Waals surface area contributed by atoms with E-state index in [0.717, 1.165) is 13.2 Å². The molecule has 2 aromatic rings. The number of carbonyl (C=O) groups is 1. The van der Waals surface area contributed by atoms with E-state index in [-0.39, 0.29) is 28.2 Å². The predicted octanol–water partition coefficient (Wildman–Crippen LogP) is 3.52. The first-order chi connectivity index (χ1) is 13.2. The van der Waals surface area contributed by atoms with Crippen LogP contribution in [0.5, 0.6) is 0 Å². The van der Waals surface area contributed by atoms with Crippen LogP contribution in [0.4, 0.5) is 19.0 Å². The van der Waals surface area contributed by atoms with Gasteiger partial charge in [-0.2, -0.15) is 13.2 Å². The van der Waals surface area contributed by atoms with Gasteiger partial charge in [-0.3, -0.25) is 4.79 Å². The van der Waals surface area contributed by atoms with E-state index in [1.54, 1.807) is 6.26 Å². The van der Waals surface area contributed by atoms with Crippen molar-refractivity contribution in [3.63, 3.8) is 0 Å². The van der Waals surface area contributed by atoms with Crippen molar-refractivity contribution in [2.75, 3.05) is 18.7 Å². The summed E-state index contributed by atoms with van der Waals surface area (Å²) in [7, 11) is 1.13. The lowest BCUT2D eigenvalue weighted by Crippen LogP contribution is -2.32. The van der Waals surface area contributed by atoms with Crippen molar-refractivity contribution < 1.29 is 22.7 Å². The van der Waals surface area contributed by atoms with Gasteiger partial charge in [-0.15, -0.1) is 0 Å². The number of H-pyrrole nitrogens is 1. The van der Waals surface area contributed by atoms with Gasteiger partial charge in [-0.05, 0) is 24.8 Å². The van der Waals surface area contributed by atoms with E-state index in [1.807, 2.05) is 0 Å². The molecule has 148 valence electrons. The van der Waals surface area contributed by atoms with Crippen molar-refractivity contribution in [3.8, 4) is 0 Å². The lowest BCUT2D eigenvalue weighted by atomic mass is 9.80. The number of fused-ring (bicyclic) bond motifs is 1. The molecule has 1 aromatic carbocycles. The molecule has 0 saturated carbocycles. The molecule has 1 unspecified atom stereocenters. The van der Waals surface area contributed by atoms with Gasteiger partial charge in [0.25, 0.3) is 5.56 Å². The van der Waals surface area contributed by atoms with E-state index >= 15 is 0 Å². The fourth-order valence-electron chi connectivity index (χ4n) is 3.23. The van der Waals surface area contributed by atoms with E-state index in [4.69, 9.17) is 4.74 Å². The Bertz CT molecular complexity index is 1030. The SMILES string of the molecule is COC(=O)C1=C(C)Nc2nc(SC)[nH]c(=O)c2C1c1ccccc1C(F)(F)F. The molecule has 3 rings (SSSR count). The number of aromatic amines is 1. The zero-order valence-corrected chi connectivity index (χ0v) is 15.9. The Hall–Kier alpha value is -2.75. The lowest BCUT2D eigenvalue weighted by molar-refractivity contribution is -0.139. The zero-order chi connectivity index (χ0) is 20.6. The molecule has 2 N–H and O–H groups in total. The number of anilines is 1. The highest BCUT2D eigenvalue weighted by Gasteiger charge is 2.42. The number of thioether (sulfide) groups is 1. The molecular weight excluding hydrogens is 395 g/mol. The zero-order valence-electron chi connectivity index (χ0n) is 15.1. The number of hydrogen-bond acceptors (Lipinski definition) is 6. The third-order valence-corrected chi connectivity index (χ3v) is 4.98. The Morgan fingerprint density at radius 2 is 1.96 bits per heavy atom. The first kappa shape index (κ1) is 20.0. The fourth-order valence-corrected chi connectivity index (χ4v) is 3.60. The Morgan fingerprint density at radius 1 is 1.29 bits per heavy atom. The van der Waals surface area contributed by atoms with Crippen molar-refractivity contribution >= 4 is 23.5 Å². The van der Waals surface area contributed by atoms with Gasteiger partial charge in [0.1, 0.15) is 5.82 Å². The average Bonchev–Trinajstić information content (AvgIpc) is 2.65. The molecule has 1 aromatic heterocycles. The molecular formula is C18H16F3N3O3S. The number of carbonyl (C=O) groups excluding carboxylic acids is 1. The number of benzene rings is 1. The summed E-state index contributed by atoms with van der Waals surface area (Å²) >= 11 is 1.18. The maximum atomic E-state index is 13.7. The second-order valence-electron chi connectivity index (χ2n) is 6.01. The minimum absolute atomic E-state index is 0.0690. The lowest BCUT2D eigenvalue weighted by Gasteiger charge is -2.30. The molecule has 0 amide bonds. The van der Waals surface area contributed by atoms with E-state index in [1.165, 1.54) is 36.9 Å². The summed E-state index contributed by atoms with van der Waals surface area (Å²) < 4.78 is 45.7. The molecule has 6 nitrogen and oxygen atoms in total. The van der Waals surface area contributed by atoms with Crippen LogP contribution in [0.3, 0.4) is 0 Å². The second kappa shape index (κ2) is 7.34. The first-order valence-electron chi connectivity index (χ1n) is 8.09. The number of esters is 1. The molecule has 0 aliphatic carbocycles. The topological polar surface area (TPSA) is 84.1 Å². The highest BCUT2D eigenvalue weighted by molar-refractivity contribution is 7.98. The number of halogens is 3. The van der Waals surface area contributed by atoms with Crippen molar-refractivity contribution in [1.82, 2.24) is 9.97 Å². The van der Waals surface area contributed by atoms with Crippen LogP contribution < -0.4 is 10.9 Å². The van der Waals surface area contributed by atoms with Crippen molar-refractivity contribution in [2.24, 2.45) is 0 Å². The number of nitrogens with one attached hydrogen (secondary N) is 2. The quantitative estimate of drug-likeness (QED) is 0.457. The number of rotatable bonds is 3. The van der Waals surface area contributed by atoms with Gasteiger partial charge in [0.2, 0.25) is 0 Å². The van der Waals surface area contributed by atoms with Gasteiger partial charge < -0.3 is 15.0 Å². The van der Waals surface area contributed by atoms with Gasteiger partial charge in [-0.1, -0.05) is 30.0 Å². The van der Waals surface area contributed by atoms with Gasteiger partial charge in [0.05, 0.1) is 29.7 Å². The predicted molar refractivity (Wildman–Crippen MR) is 98.3 cm³/mol. The third-order valence-electron chi connectivity index (χ3n) is 4.40. The van der Waals surface area contributed by atoms with Crippen LogP contribution in [0.1, 0.15) is 29.5 Å². The minimum Gasteiger partial charge on any atom is -0.466 e. The summed E-state index contributed by atoms with van der Waals surface area (Å²) in [6, 6.07) is 4.84. The largest absolute Gasteiger partial charge is 0.466 e. The molecule has 10 heteroatoms. The molecule has 1 aliphatic heterocycles. The number of alkyl halides is 3. The maximum absolute atomic E-state index is 13.7. The van der Waals surface area contributed by atoms with Crippen LogP contribution in [0.25, 0.3) is 0 Å². The Labute approximate surface area is 162 Å². The van der Waals surface area contributed by atoms with E-state index in [9.17, 15) is 22.8 Å². The Morgan fingerprint density at radius 3 is 2.57 bits per heavy atom. The smallest absolute Gasteiger partial charge is 0.416 e. The van der Waals surface area contributed by atoms with Crippen LogP contribution in [0.2, 0.25) is 0 Å². The van der Waals surface area contributed by atoms with Crippen LogP contribution >= 0.6 is 11.8 Å². The number of methoxy groups -OCH3 is 1. The van der Waals surface area contributed by atoms with E-state index in [0.29, 0.717) is 5.16 Å². The molecule has 0 fully saturated rings. The monoisotopic (exact) mass is 411 g/mol. The maximum Gasteiger partial charge on any atom is 0.416 e. The van der Waals surface area contributed by atoms with Gasteiger partial charge in [0, 0.05) is 5.70 Å². The normalized spacial score (nSPS) is 16.4. The second-order valence-corrected chi connectivity index (χ2v) is 6.81. The van der Waals surface area contributed by atoms with Crippen LogP contribution in [0, 0.1) is 0 Å². The number of hydrogen-bond donors (Lipinski definition) is 2. The Kier molecular flexibility index (Phi) is 5.24. The summed E-state index contributed by atoms with van der Waals surface area (Å²) in [5.74, 6) is -2.00. The van der Waals surface area contributed by atoms with Gasteiger partial charge in [-0.25, -0.2) is 9.78 Å². The third kappa shape index (κ3) is 3.39. The summed E-state index contributed by atoms with van der Waals surface area (Å²) in [5, 5.41) is 3.15. The van der Waals surface area contributed by atoms with Crippen molar-refractivity contribution in [3.05, 3.63) is 62.6 Å². The number of nitrogens with zero attached hydrogens (tertiary/aromatic N) is 1. The average molecular weight is 411 g/mol. The highest BCUT2D eigenvalue weighted by Crippen LogP contribution is 2.44. The molecule has 0 radical (unpaired) electrons. The first-order valence-corrected chi connectivity index (χ1v) is 9.32. The molecule has 2 heterocycles. The molecule has 1 aliphatic rings. The van der Waals surface area contributed by atoms with Crippen molar-refractivity contribution in [1.29, 1.82) is 0 Å². The van der Waals surface area contributed by atoms with Gasteiger partial charge >= 0.3 is 12.1 Å². The Balaban J connectivity index is 2.38. The number of allylic oxidation sites excluding steroid dienone is 1. The van der Waals surface area contributed by atoms with Crippen LogP contribution in [-0.2, 0) is 15.7 Å². The molecule has 0 spiro atoms. The summed E-state index contributed by atoms with van der Waals surface area (Å²) in [4.78, 5) is 32.0. The molecule has 0 bridgehead atoms. The van der Waals surface area contributed by atoms with Gasteiger partial charge in [0.15, 0.2) is 5.16 Å². The number of aromatic nitrogens is 2. The van der Waals surface area contributed by atoms with E-state index < -0.39 is 29.2 Å². The van der Waals surface area contributed by atoms with Crippen LogP contribution in [-0.4, -0.2) is 29.3 Å².